The van der Waals surface area contributed by atoms with Crippen molar-refractivity contribution in [1.82, 2.24) is 20.2 Å². The number of hydrogen-bond donors (Lipinski definition) is 2. The maximum Gasteiger partial charge on any atom is 0.250 e. The minimum atomic E-state index is -0.259. The molecule has 0 bridgehead atoms. The summed E-state index contributed by atoms with van der Waals surface area (Å²) in [5.41, 5.74) is 5.23. The summed E-state index contributed by atoms with van der Waals surface area (Å²) in [7, 11) is 0. The number of hydrazone groups is 1. The Morgan fingerprint density at radius 2 is 1.94 bits per heavy atom. The van der Waals surface area contributed by atoms with Gasteiger partial charge in [-0.05, 0) is 47.8 Å². The second-order valence-corrected chi connectivity index (χ2v) is 11.0. The van der Waals surface area contributed by atoms with Crippen molar-refractivity contribution < 1.29 is 9.90 Å². The van der Waals surface area contributed by atoms with Gasteiger partial charge in [0, 0.05) is 21.6 Å². The zero-order chi connectivity index (χ0) is 24.1. The monoisotopic (exact) mass is 605 g/mol. The highest BCUT2D eigenvalue weighted by molar-refractivity contribution is 9.11. The van der Waals surface area contributed by atoms with E-state index < -0.39 is 0 Å². The molecule has 0 unspecified atom stereocenters. The van der Waals surface area contributed by atoms with Crippen LogP contribution in [0.3, 0.4) is 0 Å². The van der Waals surface area contributed by atoms with E-state index >= 15 is 0 Å². The van der Waals surface area contributed by atoms with Gasteiger partial charge in [0.05, 0.1) is 16.4 Å². The van der Waals surface area contributed by atoms with Gasteiger partial charge < -0.3 is 5.11 Å². The average molecular weight is 607 g/mol. The summed E-state index contributed by atoms with van der Waals surface area (Å²) in [6.45, 7) is 2.06. The Bertz CT molecular complexity index is 1190. The molecule has 0 aliphatic heterocycles. The van der Waals surface area contributed by atoms with E-state index in [1.54, 1.807) is 12.1 Å². The maximum atomic E-state index is 12.4. The van der Waals surface area contributed by atoms with Crippen molar-refractivity contribution in [2.75, 3.05) is 5.75 Å². The first-order valence-electron chi connectivity index (χ1n) is 11.1. The van der Waals surface area contributed by atoms with Crippen LogP contribution in [0, 0.1) is 6.92 Å². The van der Waals surface area contributed by atoms with Gasteiger partial charge in [-0.1, -0.05) is 76.8 Å². The van der Waals surface area contributed by atoms with Crippen LogP contribution in [0.1, 0.15) is 49.3 Å². The molecule has 1 amide bonds. The molecule has 2 aromatic carbocycles. The molecule has 34 heavy (non-hydrogen) atoms. The van der Waals surface area contributed by atoms with E-state index in [1.165, 1.54) is 42.8 Å². The fourth-order valence-electron chi connectivity index (χ4n) is 3.96. The number of nitrogens with one attached hydrogen (secondary N) is 1. The largest absolute Gasteiger partial charge is 0.506 e. The molecule has 1 aliphatic carbocycles. The van der Waals surface area contributed by atoms with Gasteiger partial charge in [-0.15, -0.1) is 10.2 Å². The first-order valence-corrected chi connectivity index (χ1v) is 13.6. The zero-order valence-electron chi connectivity index (χ0n) is 18.7. The van der Waals surface area contributed by atoms with Gasteiger partial charge in [0.15, 0.2) is 11.0 Å². The standard InChI is InChI=1S/C24H25Br2N5O2S/c1-15-7-9-16(10-8-15)23-29-30-24(31(23)19-5-3-2-4-6-19)34-14-21(32)28-27-13-17-11-18(25)12-20(26)22(17)33/h7-13,19,33H,2-6,14H2,1H3,(H,28,32). The summed E-state index contributed by atoms with van der Waals surface area (Å²) in [4.78, 5) is 12.4. The second kappa shape index (κ2) is 11.5. The topological polar surface area (TPSA) is 92.4 Å². The third-order valence-electron chi connectivity index (χ3n) is 5.70. The van der Waals surface area contributed by atoms with Gasteiger partial charge >= 0.3 is 0 Å². The Balaban J connectivity index is 1.46. The van der Waals surface area contributed by atoms with E-state index in [0.29, 0.717) is 16.1 Å². The number of halogens is 2. The smallest absolute Gasteiger partial charge is 0.250 e. The summed E-state index contributed by atoms with van der Waals surface area (Å²) in [6.07, 6.45) is 7.22. The summed E-state index contributed by atoms with van der Waals surface area (Å²) in [6, 6.07) is 12.1. The first kappa shape index (κ1) is 24.9. The van der Waals surface area contributed by atoms with Gasteiger partial charge in [-0.25, -0.2) is 5.43 Å². The molecule has 1 saturated carbocycles. The second-order valence-electron chi connectivity index (χ2n) is 8.24. The van der Waals surface area contributed by atoms with Gasteiger partial charge in [0.2, 0.25) is 0 Å². The molecule has 1 heterocycles. The molecule has 1 aliphatic rings. The number of carbonyl (C=O) groups excluding carboxylic acids is 1. The molecule has 1 fully saturated rings. The number of nitrogens with zero attached hydrogens (tertiary/aromatic N) is 4. The van der Waals surface area contributed by atoms with E-state index in [4.69, 9.17) is 0 Å². The third-order valence-corrected chi connectivity index (χ3v) is 7.70. The van der Waals surface area contributed by atoms with E-state index in [1.807, 2.05) is 0 Å². The van der Waals surface area contributed by atoms with Crippen molar-refractivity contribution >= 4 is 55.7 Å². The molecule has 178 valence electrons. The number of benzene rings is 2. The van der Waals surface area contributed by atoms with Crippen molar-refractivity contribution in [2.24, 2.45) is 5.10 Å². The van der Waals surface area contributed by atoms with E-state index in [2.05, 4.69) is 88.3 Å². The number of aryl methyl sites for hydroxylation is 1. The fourth-order valence-corrected chi connectivity index (χ4v) is 6.02. The highest BCUT2D eigenvalue weighted by atomic mass is 79.9. The van der Waals surface area contributed by atoms with E-state index in [-0.39, 0.29) is 17.4 Å². The highest BCUT2D eigenvalue weighted by Crippen LogP contribution is 2.35. The van der Waals surface area contributed by atoms with Crippen molar-refractivity contribution in [1.29, 1.82) is 0 Å². The molecule has 0 spiro atoms. The number of aromatic nitrogens is 3. The quantitative estimate of drug-likeness (QED) is 0.189. The van der Waals surface area contributed by atoms with Gasteiger partial charge in [0.1, 0.15) is 5.75 Å². The molecule has 2 N–H and O–H groups in total. The molecule has 0 radical (unpaired) electrons. The van der Waals surface area contributed by atoms with Crippen LogP contribution in [0.15, 0.2) is 55.6 Å². The van der Waals surface area contributed by atoms with E-state index in [9.17, 15) is 9.90 Å². The summed E-state index contributed by atoms with van der Waals surface area (Å²) in [5, 5.41) is 23.8. The Hall–Kier alpha value is -2.17. The number of aromatic hydroxyl groups is 1. The Kier molecular flexibility index (Phi) is 8.44. The number of carbonyl (C=O) groups is 1. The normalized spacial score (nSPS) is 14.6. The molecular formula is C24H25Br2N5O2S. The molecule has 0 saturated heterocycles. The van der Waals surface area contributed by atoms with Crippen LogP contribution < -0.4 is 5.43 Å². The van der Waals surface area contributed by atoms with Gasteiger partial charge in [-0.2, -0.15) is 5.10 Å². The predicted molar refractivity (Wildman–Crippen MR) is 142 cm³/mol. The maximum absolute atomic E-state index is 12.4. The summed E-state index contributed by atoms with van der Waals surface area (Å²) in [5.74, 6) is 0.803. The van der Waals surface area contributed by atoms with Crippen LogP contribution in [0.4, 0.5) is 0 Å². The van der Waals surface area contributed by atoms with Crippen molar-refractivity contribution in [3.8, 4) is 17.1 Å². The van der Waals surface area contributed by atoms with Crippen LogP contribution in [-0.2, 0) is 4.79 Å². The van der Waals surface area contributed by atoms with Crippen molar-refractivity contribution in [3.63, 3.8) is 0 Å². The van der Waals surface area contributed by atoms with Crippen molar-refractivity contribution in [2.45, 2.75) is 50.2 Å². The molecule has 4 rings (SSSR count). The lowest BCUT2D eigenvalue weighted by Gasteiger charge is -2.25. The molecule has 10 heteroatoms. The highest BCUT2D eigenvalue weighted by Gasteiger charge is 2.24. The number of hydrogen-bond acceptors (Lipinski definition) is 6. The molecule has 3 aromatic rings. The minimum Gasteiger partial charge on any atom is -0.506 e. The summed E-state index contributed by atoms with van der Waals surface area (Å²) < 4.78 is 3.53. The van der Waals surface area contributed by atoms with Crippen LogP contribution >= 0.6 is 43.6 Å². The van der Waals surface area contributed by atoms with Crippen LogP contribution in [0.2, 0.25) is 0 Å². The number of rotatable bonds is 7. The first-order chi connectivity index (χ1) is 16.4. The number of phenolic OH excluding ortho intramolecular Hbond substituents is 1. The molecule has 7 nitrogen and oxygen atoms in total. The van der Waals surface area contributed by atoms with Crippen molar-refractivity contribution in [3.05, 3.63) is 56.5 Å². The lowest BCUT2D eigenvalue weighted by atomic mass is 9.95. The van der Waals surface area contributed by atoms with Crippen LogP contribution in [0.5, 0.6) is 5.75 Å². The molecular weight excluding hydrogens is 582 g/mol. The lowest BCUT2D eigenvalue weighted by molar-refractivity contribution is -0.118. The fraction of sp³-hybridized carbons (Fsp3) is 0.333. The number of thioether (sulfide) groups is 1. The lowest BCUT2D eigenvalue weighted by Crippen LogP contribution is -2.20. The zero-order valence-corrected chi connectivity index (χ0v) is 22.7. The van der Waals surface area contributed by atoms with Crippen LogP contribution in [0.25, 0.3) is 11.4 Å². The van der Waals surface area contributed by atoms with Gasteiger partial charge in [-0.3, -0.25) is 9.36 Å². The van der Waals surface area contributed by atoms with Crippen LogP contribution in [-0.4, -0.2) is 37.7 Å². The molecule has 1 aromatic heterocycles. The van der Waals surface area contributed by atoms with E-state index in [0.717, 1.165) is 33.9 Å². The third kappa shape index (κ3) is 6.09. The number of amides is 1. The summed E-state index contributed by atoms with van der Waals surface area (Å²) >= 11 is 8.02. The Morgan fingerprint density at radius 3 is 2.68 bits per heavy atom. The Labute approximate surface area is 219 Å². The predicted octanol–water partition coefficient (Wildman–Crippen LogP) is 6.23. The Morgan fingerprint density at radius 1 is 1.21 bits per heavy atom. The number of phenols is 1. The minimum absolute atomic E-state index is 0.0554. The SMILES string of the molecule is Cc1ccc(-c2nnc(SCC(=O)NN=Cc3cc(Br)cc(Br)c3O)n2C2CCCCC2)cc1. The van der Waals surface area contributed by atoms with Gasteiger partial charge in [0.25, 0.3) is 5.91 Å². The average Bonchev–Trinajstić information content (AvgIpc) is 3.25. The molecule has 0 atom stereocenters.